The largest absolute Gasteiger partial charge is 0.357 e. The van der Waals surface area contributed by atoms with Crippen LogP contribution in [0.25, 0.3) is 11.5 Å². The number of nitrogens with one attached hydrogen (secondary N) is 2. The molecular formula is C19H29N5O. The Hall–Kier alpha value is -2.37. The molecule has 0 saturated heterocycles. The minimum Gasteiger partial charge on any atom is -0.357 e. The third-order valence-corrected chi connectivity index (χ3v) is 3.56. The number of rotatable bonds is 8. The van der Waals surface area contributed by atoms with Gasteiger partial charge in [0, 0.05) is 25.1 Å². The molecule has 0 spiro atoms. The standard InChI is InChI=1S/C19H29N5O/c1-5-8-17-23-18(25-24-17)16-10-7-9-15(11-16)13-22-19(20-6-2)21-12-14(3)4/h7,9-11,14H,5-6,8,12-13H2,1-4H3,(H2,20,21,22). The Morgan fingerprint density at radius 2 is 2.08 bits per heavy atom. The van der Waals surface area contributed by atoms with E-state index in [1.165, 1.54) is 0 Å². The van der Waals surface area contributed by atoms with Crippen LogP contribution in [0.3, 0.4) is 0 Å². The summed E-state index contributed by atoms with van der Waals surface area (Å²) < 4.78 is 5.37. The summed E-state index contributed by atoms with van der Waals surface area (Å²) in [5.41, 5.74) is 2.04. The molecular weight excluding hydrogens is 314 g/mol. The molecule has 2 aromatic rings. The van der Waals surface area contributed by atoms with Crippen molar-refractivity contribution >= 4 is 5.96 Å². The molecule has 1 aromatic heterocycles. The highest BCUT2D eigenvalue weighted by Crippen LogP contribution is 2.19. The summed E-state index contributed by atoms with van der Waals surface area (Å²) in [6.45, 7) is 10.9. The van der Waals surface area contributed by atoms with Crippen molar-refractivity contribution in [3.63, 3.8) is 0 Å². The van der Waals surface area contributed by atoms with Crippen molar-refractivity contribution in [1.29, 1.82) is 0 Å². The molecule has 0 aliphatic carbocycles. The molecule has 1 aromatic carbocycles. The number of aliphatic imine (C=N–C) groups is 1. The van der Waals surface area contributed by atoms with E-state index in [2.05, 4.69) is 65.6 Å². The number of benzene rings is 1. The monoisotopic (exact) mass is 343 g/mol. The maximum atomic E-state index is 5.37. The van der Waals surface area contributed by atoms with Gasteiger partial charge in [-0.25, -0.2) is 4.99 Å². The van der Waals surface area contributed by atoms with Gasteiger partial charge in [-0.1, -0.05) is 38.1 Å². The van der Waals surface area contributed by atoms with E-state index < -0.39 is 0 Å². The zero-order valence-electron chi connectivity index (χ0n) is 15.7. The van der Waals surface area contributed by atoms with Crippen LogP contribution < -0.4 is 10.6 Å². The molecule has 136 valence electrons. The van der Waals surface area contributed by atoms with Gasteiger partial charge >= 0.3 is 0 Å². The molecule has 0 fully saturated rings. The van der Waals surface area contributed by atoms with Gasteiger partial charge in [0.1, 0.15) is 0 Å². The summed E-state index contributed by atoms with van der Waals surface area (Å²) in [5.74, 6) is 2.74. The average molecular weight is 343 g/mol. The minimum atomic E-state index is 0.569. The molecule has 2 N–H and O–H groups in total. The maximum Gasteiger partial charge on any atom is 0.257 e. The van der Waals surface area contributed by atoms with Gasteiger partial charge in [-0.3, -0.25) is 0 Å². The normalized spacial score (nSPS) is 11.8. The van der Waals surface area contributed by atoms with Crippen LogP contribution >= 0.6 is 0 Å². The van der Waals surface area contributed by atoms with Gasteiger partial charge < -0.3 is 15.2 Å². The van der Waals surface area contributed by atoms with Crippen molar-refractivity contribution in [2.45, 2.75) is 47.1 Å². The van der Waals surface area contributed by atoms with Crippen LogP contribution in [-0.2, 0) is 13.0 Å². The number of hydrogen-bond donors (Lipinski definition) is 2. The molecule has 6 heteroatoms. The first kappa shape index (κ1) is 19.0. The molecule has 0 radical (unpaired) electrons. The SMILES string of the molecule is CCCc1noc(-c2cccc(CN=C(NCC)NCC(C)C)c2)n1. The fraction of sp³-hybridized carbons (Fsp3) is 0.526. The number of nitrogens with zero attached hydrogens (tertiary/aromatic N) is 3. The molecule has 1 heterocycles. The molecule has 0 saturated carbocycles. The molecule has 0 unspecified atom stereocenters. The lowest BCUT2D eigenvalue weighted by molar-refractivity contribution is 0.422. The van der Waals surface area contributed by atoms with E-state index in [9.17, 15) is 0 Å². The summed E-state index contributed by atoms with van der Waals surface area (Å²) >= 11 is 0. The van der Waals surface area contributed by atoms with Crippen molar-refractivity contribution < 1.29 is 4.52 Å². The second-order valence-corrected chi connectivity index (χ2v) is 6.44. The highest BCUT2D eigenvalue weighted by Gasteiger charge is 2.09. The van der Waals surface area contributed by atoms with E-state index in [0.717, 1.165) is 48.8 Å². The molecule has 0 amide bonds. The Morgan fingerprint density at radius 1 is 1.24 bits per heavy atom. The van der Waals surface area contributed by atoms with E-state index in [-0.39, 0.29) is 0 Å². The molecule has 0 bridgehead atoms. The molecule has 2 rings (SSSR count). The smallest absolute Gasteiger partial charge is 0.257 e. The average Bonchev–Trinajstić information content (AvgIpc) is 3.06. The first-order valence-corrected chi connectivity index (χ1v) is 9.06. The predicted octanol–water partition coefficient (Wildman–Crippen LogP) is 3.40. The summed E-state index contributed by atoms with van der Waals surface area (Å²) in [6.07, 6.45) is 1.84. The Labute approximate surface area is 150 Å². The third kappa shape index (κ3) is 6.21. The summed E-state index contributed by atoms with van der Waals surface area (Å²) in [4.78, 5) is 9.10. The van der Waals surface area contributed by atoms with Gasteiger partial charge in [0.05, 0.1) is 6.54 Å². The first-order chi connectivity index (χ1) is 12.1. The van der Waals surface area contributed by atoms with Crippen LogP contribution in [0.1, 0.15) is 45.5 Å². The maximum absolute atomic E-state index is 5.37. The summed E-state index contributed by atoms with van der Waals surface area (Å²) in [5, 5.41) is 10.6. The van der Waals surface area contributed by atoms with Crippen molar-refractivity contribution in [2.24, 2.45) is 10.9 Å². The molecule has 6 nitrogen and oxygen atoms in total. The quantitative estimate of drug-likeness (QED) is 0.567. The van der Waals surface area contributed by atoms with E-state index in [4.69, 9.17) is 4.52 Å². The Morgan fingerprint density at radius 3 is 2.80 bits per heavy atom. The first-order valence-electron chi connectivity index (χ1n) is 9.06. The van der Waals surface area contributed by atoms with Crippen LogP contribution in [-0.4, -0.2) is 29.2 Å². The lowest BCUT2D eigenvalue weighted by Crippen LogP contribution is -2.39. The zero-order chi connectivity index (χ0) is 18.1. The lowest BCUT2D eigenvalue weighted by Gasteiger charge is -2.13. The Bertz CT molecular complexity index is 678. The van der Waals surface area contributed by atoms with Gasteiger partial charge in [-0.15, -0.1) is 0 Å². The number of aryl methyl sites for hydroxylation is 1. The molecule has 0 aliphatic rings. The summed E-state index contributed by atoms with van der Waals surface area (Å²) in [7, 11) is 0. The number of hydrogen-bond acceptors (Lipinski definition) is 4. The van der Waals surface area contributed by atoms with Gasteiger partial charge in [0.25, 0.3) is 5.89 Å². The zero-order valence-corrected chi connectivity index (χ0v) is 15.7. The lowest BCUT2D eigenvalue weighted by atomic mass is 10.1. The van der Waals surface area contributed by atoms with E-state index in [1.54, 1.807) is 0 Å². The van der Waals surface area contributed by atoms with Gasteiger partial charge in [0.2, 0.25) is 0 Å². The van der Waals surface area contributed by atoms with Crippen molar-refractivity contribution in [1.82, 2.24) is 20.8 Å². The van der Waals surface area contributed by atoms with Gasteiger partial charge in [0.15, 0.2) is 11.8 Å². The third-order valence-electron chi connectivity index (χ3n) is 3.56. The fourth-order valence-corrected chi connectivity index (χ4v) is 2.31. The van der Waals surface area contributed by atoms with E-state index >= 15 is 0 Å². The summed E-state index contributed by atoms with van der Waals surface area (Å²) in [6, 6.07) is 8.10. The molecule has 25 heavy (non-hydrogen) atoms. The van der Waals surface area contributed by atoms with Crippen molar-refractivity contribution in [3.8, 4) is 11.5 Å². The van der Waals surface area contributed by atoms with Crippen molar-refractivity contribution in [2.75, 3.05) is 13.1 Å². The second kappa shape index (κ2) is 9.81. The number of aromatic nitrogens is 2. The van der Waals surface area contributed by atoms with Gasteiger partial charge in [-0.05, 0) is 37.0 Å². The highest BCUT2D eigenvalue weighted by molar-refractivity contribution is 5.79. The predicted molar refractivity (Wildman–Crippen MR) is 101 cm³/mol. The Kier molecular flexibility index (Phi) is 7.44. The van der Waals surface area contributed by atoms with E-state index in [1.807, 2.05) is 12.1 Å². The van der Waals surface area contributed by atoms with Crippen LogP contribution in [0.15, 0.2) is 33.8 Å². The second-order valence-electron chi connectivity index (χ2n) is 6.44. The van der Waals surface area contributed by atoms with Crippen LogP contribution in [0, 0.1) is 5.92 Å². The van der Waals surface area contributed by atoms with Crippen LogP contribution in [0.5, 0.6) is 0 Å². The van der Waals surface area contributed by atoms with E-state index in [0.29, 0.717) is 18.4 Å². The Balaban J connectivity index is 2.07. The van der Waals surface area contributed by atoms with Crippen molar-refractivity contribution in [3.05, 3.63) is 35.7 Å². The topological polar surface area (TPSA) is 75.3 Å². The fourth-order valence-electron chi connectivity index (χ4n) is 2.31. The number of guanidine groups is 1. The molecule has 0 aliphatic heterocycles. The van der Waals surface area contributed by atoms with Crippen LogP contribution in [0.4, 0.5) is 0 Å². The highest BCUT2D eigenvalue weighted by atomic mass is 16.5. The minimum absolute atomic E-state index is 0.569. The molecule has 0 atom stereocenters. The van der Waals surface area contributed by atoms with Crippen LogP contribution in [0.2, 0.25) is 0 Å². The van der Waals surface area contributed by atoms with Gasteiger partial charge in [-0.2, -0.15) is 4.98 Å².